The predicted molar refractivity (Wildman–Crippen MR) is 104 cm³/mol. The van der Waals surface area contributed by atoms with Crippen LogP contribution in [0.25, 0.3) is 0 Å². The average molecular weight is 394 g/mol. The highest BCUT2D eigenvalue weighted by Gasteiger charge is 2.29. The number of aromatic nitrogens is 4. The molecule has 1 aromatic carbocycles. The average Bonchev–Trinajstić information content (AvgIpc) is 3.11. The summed E-state index contributed by atoms with van der Waals surface area (Å²) in [5.74, 6) is 2.35. The molecule has 0 bridgehead atoms. The number of rotatable bonds is 6. The zero-order valence-electron chi connectivity index (χ0n) is 13.8. The van der Waals surface area contributed by atoms with Gasteiger partial charge in [0.15, 0.2) is 0 Å². The van der Waals surface area contributed by atoms with Crippen molar-refractivity contribution >= 4 is 46.9 Å². The smallest absolute Gasteiger partial charge is 0.237 e. The Morgan fingerprint density at radius 2 is 2.16 bits per heavy atom. The molecule has 1 aliphatic carbocycles. The van der Waals surface area contributed by atoms with Crippen LogP contribution < -0.4 is 5.32 Å². The van der Waals surface area contributed by atoms with Crippen LogP contribution in [0.3, 0.4) is 0 Å². The van der Waals surface area contributed by atoms with E-state index in [-0.39, 0.29) is 11.2 Å². The molecule has 1 N–H and O–H groups in total. The van der Waals surface area contributed by atoms with E-state index >= 15 is 0 Å². The van der Waals surface area contributed by atoms with Crippen molar-refractivity contribution in [3.05, 3.63) is 29.8 Å². The summed E-state index contributed by atoms with van der Waals surface area (Å²) in [6.45, 7) is 1.89. The van der Waals surface area contributed by atoms with Crippen LogP contribution in [0.15, 0.2) is 29.4 Å². The first-order valence-electron chi connectivity index (χ1n) is 8.29. The topological polar surface area (TPSA) is 72.7 Å². The molecule has 0 radical (unpaired) electrons. The molecule has 2 aromatic rings. The molecule has 1 atom stereocenters. The molecule has 2 heterocycles. The fourth-order valence-electron chi connectivity index (χ4n) is 2.58. The minimum absolute atomic E-state index is 0.0285. The number of carbonyl (C=O) groups excluding carboxylic acids is 1. The van der Waals surface area contributed by atoms with E-state index in [0.29, 0.717) is 10.6 Å². The molecule has 1 aliphatic heterocycles. The second kappa shape index (κ2) is 7.59. The third kappa shape index (κ3) is 4.15. The summed E-state index contributed by atoms with van der Waals surface area (Å²) in [6.07, 6.45) is 2.23. The van der Waals surface area contributed by atoms with Gasteiger partial charge in [0.1, 0.15) is 0 Å². The Morgan fingerprint density at radius 3 is 2.92 bits per heavy atom. The van der Waals surface area contributed by atoms with Crippen molar-refractivity contribution < 1.29 is 4.79 Å². The summed E-state index contributed by atoms with van der Waals surface area (Å²) in [7, 11) is 0. The van der Waals surface area contributed by atoms with Gasteiger partial charge in [-0.2, -0.15) is 0 Å². The third-order valence-corrected chi connectivity index (χ3v) is 8.21. The summed E-state index contributed by atoms with van der Waals surface area (Å²) in [5.41, 5.74) is 2.12. The highest BCUT2D eigenvalue weighted by Crippen LogP contribution is 2.45. The van der Waals surface area contributed by atoms with Crippen molar-refractivity contribution in [3.63, 3.8) is 0 Å². The lowest BCUT2D eigenvalue weighted by Crippen LogP contribution is -2.23. The number of tetrazole rings is 1. The van der Waals surface area contributed by atoms with E-state index < -0.39 is 0 Å². The fraction of sp³-hybridized carbons (Fsp3) is 0.500. The molecular formula is C16H19N5OS3. The van der Waals surface area contributed by atoms with Crippen LogP contribution in [-0.2, 0) is 4.79 Å². The van der Waals surface area contributed by atoms with Gasteiger partial charge in [-0.1, -0.05) is 23.9 Å². The van der Waals surface area contributed by atoms with Gasteiger partial charge in [0.25, 0.3) is 0 Å². The number of hydrogen-bond donors (Lipinski definition) is 1. The van der Waals surface area contributed by atoms with Crippen LogP contribution in [0.5, 0.6) is 0 Å². The summed E-state index contributed by atoms with van der Waals surface area (Å²) in [6, 6.07) is 8.58. The summed E-state index contributed by atoms with van der Waals surface area (Å²) >= 11 is 5.34. The lowest BCUT2D eigenvalue weighted by molar-refractivity contribution is -0.115. The minimum atomic E-state index is -0.262. The van der Waals surface area contributed by atoms with Gasteiger partial charge in [0.05, 0.1) is 15.9 Å². The van der Waals surface area contributed by atoms with Crippen molar-refractivity contribution in [1.82, 2.24) is 20.2 Å². The molecule has 9 heteroatoms. The van der Waals surface area contributed by atoms with Gasteiger partial charge in [-0.25, -0.2) is 4.68 Å². The standard InChI is InChI=1S/C16H19N5OS3/c1-10(25-16-18-19-20-21(16)13-5-6-13)14(22)17-12-4-2-3-11(9-12)15-23-7-8-24-15/h2-4,9-10,13,15H,5-8H2,1H3,(H,17,22)/t10-/m1/s1. The predicted octanol–water partition coefficient (Wildman–Crippen LogP) is 3.61. The van der Waals surface area contributed by atoms with Gasteiger partial charge in [-0.3, -0.25) is 4.79 Å². The van der Waals surface area contributed by atoms with Gasteiger partial charge in [-0.05, 0) is 47.9 Å². The maximum absolute atomic E-state index is 12.5. The first kappa shape index (κ1) is 17.2. The SMILES string of the molecule is C[C@@H](Sc1nnnn1C1CC1)C(=O)Nc1cccc(C2SCCS2)c1. The quantitative estimate of drug-likeness (QED) is 0.752. The number of nitrogens with zero attached hydrogens (tertiary/aromatic N) is 4. The molecule has 0 unspecified atom stereocenters. The highest BCUT2D eigenvalue weighted by atomic mass is 32.2. The van der Waals surface area contributed by atoms with E-state index in [9.17, 15) is 4.79 Å². The molecule has 132 valence electrons. The minimum Gasteiger partial charge on any atom is -0.325 e. The number of benzene rings is 1. The Bertz CT molecular complexity index is 758. The lowest BCUT2D eigenvalue weighted by Gasteiger charge is -2.14. The van der Waals surface area contributed by atoms with E-state index in [1.165, 1.54) is 28.8 Å². The first-order chi connectivity index (χ1) is 12.2. The Labute approximate surface area is 159 Å². The maximum atomic E-state index is 12.5. The van der Waals surface area contributed by atoms with Gasteiger partial charge in [0.2, 0.25) is 11.1 Å². The van der Waals surface area contributed by atoms with E-state index in [0.717, 1.165) is 23.7 Å². The zero-order valence-corrected chi connectivity index (χ0v) is 16.2. The summed E-state index contributed by atoms with van der Waals surface area (Å²) in [4.78, 5) is 12.5. The summed E-state index contributed by atoms with van der Waals surface area (Å²) < 4.78 is 2.32. The fourth-order valence-corrected chi connectivity index (χ4v) is 6.28. The number of carbonyl (C=O) groups is 1. The normalized spacial score (nSPS) is 19.1. The largest absolute Gasteiger partial charge is 0.325 e. The first-order valence-corrected chi connectivity index (χ1v) is 11.3. The third-order valence-electron chi connectivity index (χ3n) is 4.05. The van der Waals surface area contributed by atoms with Gasteiger partial charge in [0, 0.05) is 17.2 Å². The molecule has 0 spiro atoms. The van der Waals surface area contributed by atoms with E-state index in [2.05, 4.69) is 33.0 Å². The molecule has 4 rings (SSSR count). The van der Waals surface area contributed by atoms with Gasteiger partial charge >= 0.3 is 0 Å². The maximum Gasteiger partial charge on any atom is 0.237 e. The van der Waals surface area contributed by atoms with E-state index in [4.69, 9.17) is 0 Å². The molecule has 1 amide bonds. The van der Waals surface area contributed by atoms with Crippen molar-refractivity contribution in [2.24, 2.45) is 0 Å². The molecule has 2 fully saturated rings. The number of amides is 1. The molecular weight excluding hydrogens is 374 g/mol. The van der Waals surface area contributed by atoms with Crippen molar-refractivity contribution in [2.75, 3.05) is 16.8 Å². The Kier molecular flexibility index (Phi) is 5.23. The van der Waals surface area contributed by atoms with Crippen LogP contribution in [0.1, 0.15) is 36.0 Å². The number of anilines is 1. The molecule has 1 saturated carbocycles. The lowest BCUT2D eigenvalue weighted by atomic mass is 10.2. The van der Waals surface area contributed by atoms with Crippen LogP contribution in [-0.4, -0.2) is 42.9 Å². The van der Waals surface area contributed by atoms with E-state index in [1.54, 1.807) is 0 Å². The van der Waals surface area contributed by atoms with Gasteiger partial charge < -0.3 is 5.32 Å². The van der Waals surface area contributed by atoms with Crippen molar-refractivity contribution in [2.45, 2.75) is 40.8 Å². The van der Waals surface area contributed by atoms with Gasteiger partial charge in [-0.15, -0.1) is 28.6 Å². The van der Waals surface area contributed by atoms with Crippen molar-refractivity contribution in [1.29, 1.82) is 0 Å². The second-order valence-electron chi connectivity index (χ2n) is 6.09. The van der Waals surface area contributed by atoms with Crippen LogP contribution in [0.4, 0.5) is 5.69 Å². The van der Waals surface area contributed by atoms with Crippen LogP contribution >= 0.6 is 35.3 Å². The zero-order chi connectivity index (χ0) is 17.2. The number of thioether (sulfide) groups is 3. The Hall–Kier alpha value is -1.19. The molecule has 25 heavy (non-hydrogen) atoms. The van der Waals surface area contributed by atoms with E-state index in [1.807, 2.05) is 47.3 Å². The second-order valence-corrected chi connectivity index (χ2v) is 10.1. The van der Waals surface area contributed by atoms with Crippen LogP contribution in [0, 0.1) is 0 Å². The van der Waals surface area contributed by atoms with Crippen LogP contribution in [0.2, 0.25) is 0 Å². The monoisotopic (exact) mass is 393 g/mol. The molecule has 1 saturated heterocycles. The number of hydrogen-bond acceptors (Lipinski definition) is 7. The molecule has 6 nitrogen and oxygen atoms in total. The molecule has 2 aliphatic rings. The van der Waals surface area contributed by atoms with Crippen molar-refractivity contribution in [3.8, 4) is 0 Å². The Balaban J connectivity index is 1.39. The highest BCUT2D eigenvalue weighted by molar-refractivity contribution is 8.19. The number of nitrogens with one attached hydrogen (secondary N) is 1. The summed E-state index contributed by atoms with van der Waals surface area (Å²) in [5, 5.41) is 15.3. The Morgan fingerprint density at radius 1 is 1.36 bits per heavy atom. The molecule has 1 aromatic heterocycles.